The predicted molar refractivity (Wildman–Crippen MR) is 76.9 cm³/mol. The second kappa shape index (κ2) is 7.64. The number of amides is 1. The molecular weight excluding hydrogens is 272 g/mol. The first kappa shape index (κ1) is 15.3. The Morgan fingerprint density at radius 3 is 2.81 bits per heavy atom. The Morgan fingerprint density at radius 2 is 2.10 bits per heavy atom. The van der Waals surface area contributed by atoms with E-state index in [1.54, 1.807) is 0 Å². The Balaban J connectivity index is 1.73. The summed E-state index contributed by atoms with van der Waals surface area (Å²) < 4.78 is 5.16. The van der Waals surface area contributed by atoms with Crippen molar-refractivity contribution in [1.82, 2.24) is 10.2 Å². The number of rotatable bonds is 5. The molecule has 0 spiro atoms. The molecule has 0 aromatic heterocycles. The number of carbonyl (C=O) groups excluding carboxylic acids is 1. The van der Waals surface area contributed by atoms with Gasteiger partial charge in [0.1, 0.15) is 6.61 Å². The van der Waals surface area contributed by atoms with Gasteiger partial charge in [0.25, 0.3) is 0 Å². The molecule has 2 rings (SSSR count). The highest BCUT2D eigenvalue weighted by atomic mass is 16.5. The van der Waals surface area contributed by atoms with Gasteiger partial charge in [0, 0.05) is 12.6 Å². The molecule has 2 N–H and O–H groups in total. The van der Waals surface area contributed by atoms with Crippen molar-refractivity contribution in [3.05, 3.63) is 35.9 Å². The van der Waals surface area contributed by atoms with Crippen LogP contribution in [0.5, 0.6) is 0 Å². The monoisotopic (exact) mass is 292 g/mol. The van der Waals surface area contributed by atoms with Gasteiger partial charge in [-0.15, -0.1) is 0 Å². The number of likely N-dealkylation sites (tertiary alicyclic amines) is 1. The highest BCUT2D eigenvalue weighted by Crippen LogP contribution is 2.10. The number of ether oxygens (including phenoxy) is 1. The van der Waals surface area contributed by atoms with Gasteiger partial charge in [-0.25, -0.2) is 4.79 Å². The van der Waals surface area contributed by atoms with Crippen LogP contribution in [0.1, 0.15) is 18.4 Å². The van der Waals surface area contributed by atoms with Gasteiger partial charge in [0.2, 0.25) is 0 Å². The van der Waals surface area contributed by atoms with E-state index in [4.69, 9.17) is 9.84 Å². The number of nitrogens with one attached hydrogen (secondary N) is 1. The van der Waals surface area contributed by atoms with E-state index in [1.165, 1.54) is 0 Å². The van der Waals surface area contributed by atoms with E-state index in [-0.39, 0.29) is 19.2 Å². The van der Waals surface area contributed by atoms with Crippen LogP contribution in [0.25, 0.3) is 0 Å². The van der Waals surface area contributed by atoms with E-state index >= 15 is 0 Å². The summed E-state index contributed by atoms with van der Waals surface area (Å²) in [4.78, 5) is 24.3. The van der Waals surface area contributed by atoms with Gasteiger partial charge in [-0.3, -0.25) is 9.69 Å². The topological polar surface area (TPSA) is 78.9 Å². The summed E-state index contributed by atoms with van der Waals surface area (Å²) in [5.41, 5.74) is 0.934. The van der Waals surface area contributed by atoms with Crippen LogP contribution >= 0.6 is 0 Å². The molecular formula is C15H20N2O4. The van der Waals surface area contributed by atoms with Crippen LogP contribution in [-0.2, 0) is 16.1 Å². The number of carbonyl (C=O) groups is 2. The Bertz CT molecular complexity index is 478. The van der Waals surface area contributed by atoms with Crippen molar-refractivity contribution in [2.45, 2.75) is 25.5 Å². The van der Waals surface area contributed by atoms with Crippen molar-refractivity contribution in [1.29, 1.82) is 0 Å². The van der Waals surface area contributed by atoms with E-state index in [9.17, 15) is 9.59 Å². The van der Waals surface area contributed by atoms with Gasteiger partial charge in [-0.1, -0.05) is 30.3 Å². The number of carboxylic acid groups (broad SMARTS) is 1. The molecule has 0 unspecified atom stereocenters. The van der Waals surface area contributed by atoms with Crippen molar-refractivity contribution < 1.29 is 19.4 Å². The summed E-state index contributed by atoms with van der Waals surface area (Å²) in [6.07, 6.45) is 1.26. The van der Waals surface area contributed by atoms with Gasteiger partial charge in [-0.2, -0.15) is 0 Å². The lowest BCUT2D eigenvalue weighted by Gasteiger charge is -2.31. The van der Waals surface area contributed by atoms with E-state index in [0.717, 1.165) is 24.9 Å². The average molecular weight is 292 g/mol. The van der Waals surface area contributed by atoms with Crippen molar-refractivity contribution >= 4 is 12.1 Å². The maximum atomic E-state index is 11.7. The molecule has 1 aliphatic heterocycles. The maximum Gasteiger partial charge on any atom is 0.407 e. The average Bonchev–Trinajstić information content (AvgIpc) is 2.46. The van der Waals surface area contributed by atoms with E-state index in [2.05, 4.69) is 5.32 Å². The molecule has 1 heterocycles. The first-order chi connectivity index (χ1) is 10.1. The van der Waals surface area contributed by atoms with E-state index < -0.39 is 12.1 Å². The fraction of sp³-hybridized carbons (Fsp3) is 0.467. The van der Waals surface area contributed by atoms with Crippen molar-refractivity contribution in [3.8, 4) is 0 Å². The normalized spacial score (nSPS) is 19.0. The van der Waals surface area contributed by atoms with Crippen LogP contribution in [0.3, 0.4) is 0 Å². The molecule has 1 saturated heterocycles. The van der Waals surface area contributed by atoms with Crippen molar-refractivity contribution in [2.75, 3.05) is 19.6 Å². The molecule has 0 aliphatic carbocycles. The minimum absolute atomic E-state index is 0.0112. The molecule has 114 valence electrons. The SMILES string of the molecule is O=C(O)CN1CCC[C@@H](NC(=O)OCc2ccccc2)C1. The molecule has 1 atom stereocenters. The fourth-order valence-electron chi connectivity index (χ4n) is 2.44. The largest absolute Gasteiger partial charge is 0.480 e. The van der Waals surface area contributed by atoms with Gasteiger partial charge < -0.3 is 15.2 Å². The summed E-state index contributed by atoms with van der Waals surface area (Å²) in [5.74, 6) is -0.845. The minimum atomic E-state index is -0.845. The Labute approximate surface area is 123 Å². The van der Waals surface area contributed by atoms with Crippen LogP contribution in [0, 0.1) is 0 Å². The lowest BCUT2D eigenvalue weighted by atomic mass is 10.1. The lowest BCUT2D eigenvalue weighted by molar-refractivity contribution is -0.138. The summed E-state index contributed by atoms with van der Waals surface area (Å²) >= 11 is 0. The minimum Gasteiger partial charge on any atom is -0.480 e. The molecule has 1 aromatic carbocycles. The number of hydrogen-bond acceptors (Lipinski definition) is 4. The smallest absolute Gasteiger partial charge is 0.407 e. The van der Waals surface area contributed by atoms with Crippen molar-refractivity contribution in [3.63, 3.8) is 0 Å². The van der Waals surface area contributed by atoms with E-state index in [1.807, 2.05) is 35.2 Å². The third-order valence-corrected chi connectivity index (χ3v) is 3.40. The number of nitrogens with zero attached hydrogens (tertiary/aromatic N) is 1. The van der Waals surface area contributed by atoms with Crippen LogP contribution < -0.4 is 5.32 Å². The molecule has 6 heteroatoms. The summed E-state index contributed by atoms with van der Waals surface area (Å²) in [5, 5.41) is 11.6. The molecule has 1 aliphatic rings. The van der Waals surface area contributed by atoms with Crippen LogP contribution in [0.2, 0.25) is 0 Å². The number of piperidine rings is 1. The summed E-state index contributed by atoms with van der Waals surface area (Å²) in [7, 11) is 0. The maximum absolute atomic E-state index is 11.7. The third kappa shape index (κ3) is 5.43. The number of alkyl carbamates (subject to hydrolysis) is 1. The third-order valence-electron chi connectivity index (χ3n) is 3.40. The molecule has 1 fully saturated rings. The number of aliphatic carboxylic acids is 1. The molecule has 6 nitrogen and oxygen atoms in total. The quantitative estimate of drug-likeness (QED) is 0.859. The molecule has 21 heavy (non-hydrogen) atoms. The van der Waals surface area contributed by atoms with Crippen LogP contribution in [0.15, 0.2) is 30.3 Å². The second-order valence-corrected chi connectivity index (χ2v) is 5.17. The van der Waals surface area contributed by atoms with Gasteiger partial charge in [0.15, 0.2) is 0 Å². The molecule has 0 radical (unpaired) electrons. The number of benzene rings is 1. The Morgan fingerprint density at radius 1 is 1.33 bits per heavy atom. The predicted octanol–water partition coefficient (Wildman–Crippen LogP) is 1.46. The zero-order valence-electron chi connectivity index (χ0n) is 11.8. The standard InChI is InChI=1S/C15H20N2O4/c18-14(19)10-17-8-4-7-13(9-17)16-15(20)21-11-12-5-2-1-3-6-12/h1-3,5-6,13H,4,7-11H2,(H,16,20)(H,18,19)/t13-/m1/s1. The molecule has 1 aromatic rings. The zero-order chi connectivity index (χ0) is 15.1. The first-order valence-electron chi connectivity index (χ1n) is 7.05. The molecule has 0 saturated carbocycles. The van der Waals surface area contributed by atoms with Crippen LogP contribution in [0.4, 0.5) is 4.79 Å². The van der Waals surface area contributed by atoms with Gasteiger partial charge in [0.05, 0.1) is 6.54 Å². The second-order valence-electron chi connectivity index (χ2n) is 5.17. The van der Waals surface area contributed by atoms with E-state index in [0.29, 0.717) is 6.54 Å². The van der Waals surface area contributed by atoms with Crippen LogP contribution in [-0.4, -0.2) is 47.7 Å². The van der Waals surface area contributed by atoms with Crippen molar-refractivity contribution in [2.24, 2.45) is 0 Å². The number of carboxylic acids is 1. The Kier molecular flexibility index (Phi) is 5.57. The van der Waals surface area contributed by atoms with Gasteiger partial charge >= 0.3 is 12.1 Å². The Hall–Kier alpha value is -2.08. The number of hydrogen-bond donors (Lipinski definition) is 2. The fourth-order valence-corrected chi connectivity index (χ4v) is 2.44. The van der Waals surface area contributed by atoms with Gasteiger partial charge in [-0.05, 0) is 24.9 Å². The molecule has 0 bridgehead atoms. The molecule has 1 amide bonds. The summed E-state index contributed by atoms with van der Waals surface area (Å²) in [6, 6.07) is 9.41. The highest BCUT2D eigenvalue weighted by molar-refractivity contribution is 5.69. The lowest BCUT2D eigenvalue weighted by Crippen LogP contribution is -2.49. The summed E-state index contributed by atoms with van der Waals surface area (Å²) in [6.45, 7) is 1.55. The highest BCUT2D eigenvalue weighted by Gasteiger charge is 2.23. The first-order valence-corrected chi connectivity index (χ1v) is 7.05. The zero-order valence-corrected chi connectivity index (χ0v) is 11.8.